The van der Waals surface area contributed by atoms with Gasteiger partial charge in [-0.25, -0.2) is 30.0 Å². The van der Waals surface area contributed by atoms with Crippen molar-refractivity contribution in [2.45, 2.75) is 198 Å². The van der Waals surface area contributed by atoms with Crippen molar-refractivity contribution in [3.05, 3.63) is 159 Å². The third-order valence-corrected chi connectivity index (χ3v) is 34.4. The number of rotatable bonds is 24. The molecular weight excluding hydrogens is 1850 g/mol. The molecule has 13 heterocycles. The molecule has 14 aliphatic rings. The minimum Gasteiger partial charge on any atom is -0.390 e. The SMILES string of the molecule is C=C1N=C(N)C(C)=CN1[C@@H]1O[C@@]2(CCP(=C)(C)C)CO[C@@H]1[C@@H]2O.C=C1N=C(N)C=CN1[C@@H]1C=C(CCP(=C)(C)C)[C@@H](O)[C@H]1O.C=C1N=C(N)C=CN1[C@@H]1O[C@@]2(CCP(=C)(C)C)CO[C@@H]1[C@@H]2O.C=C1N=C(N)C=CN1[C@@H]1O[C@H](CCP(=C)(C)C)[C@@H](O)[C@@]1(C)O.C=C1N=C(N)C=CN1[C@@H]1O[C@H](CCP(=C)(C)C)[C@@H](O)[C@H]1Br.C=C1N=C(N)C=CN1[C@@H]1O[C@](C)(CCP(=C)(C)C)[C@@H](O)[C@H]1C. The molecule has 0 saturated carbocycles. The summed E-state index contributed by atoms with van der Waals surface area (Å²) in [6.45, 7) is 50.6. The molecule has 7 saturated heterocycles. The Morgan fingerprint density at radius 2 is 0.809 bits per heavy atom. The van der Waals surface area contributed by atoms with E-state index in [2.05, 4.69) is 203 Å². The molecule has 14 rings (SSSR count). The van der Waals surface area contributed by atoms with Crippen molar-refractivity contribution in [2.75, 3.05) is 130 Å². The molecule has 4 bridgehead atoms. The highest BCUT2D eigenvalue weighted by Crippen LogP contribution is 2.52. The summed E-state index contributed by atoms with van der Waals surface area (Å²) in [7, 11) is 0. The number of alkyl halides is 1. The van der Waals surface area contributed by atoms with Gasteiger partial charge in [-0.3, -0.25) is 0 Å². The lowest BCUT2D eigenvalue weighted by molar-refractivity contribution is -0.181. The Kier molecular flexibility index (Phi) is 35.2. The molecule has 13 aliphatic heterocycles. The van der Waals surface area contributed by atoms with Crippen molar-refractivity contribution in [3.63, 3.8) is 0 Å². The van der Waals surface area contributed by atoms with Crippen LogP contribution in [0.25, 0.3) is 0 Å². The summed E-state index contributed by atoms with van der Waals surface area (Å²) in [6, 6.07) is -0.359. The van der Waals surface area contributed by atoms with Gasteiger partial charge in [-0.2, -0.15) is 0 Å². The molecule has 40 heteroatoms. The van der Waals surface area contributed by atoms with Crippen LogP contribution in [0.3, 0.4) is 0 Å². The Morgan fingerprint density at radius 3 is 1.22 bits per heavy atom. The van der Waals surface area contributed by atoms with E-state index in [4.69, 9.17) is 67.6 Å². The predicted molar refractivity (Wildman–Crippen MR) is 559 cm³/mol. The molecule has 20 N–H and O–H groups in total. The van der Waals surface area contributed by atoms with E-state index in [0.717, 1.165) is 80.2 Å². The zero-order valence-electron chi connectivity index (χ0n) is 79.6. The minimum absolute atomic E-state index is 0.0489. The summed E-state index contributed by atoms with van der Waals surface area (Å²) < 4.78 is 42.3. The Balaban J connectivity index is 0.000000177. The fourth-order valence-electron chi connectivity index (χ4n) is 16.7. The largest absolute Gasteiger partial charge is 0.390 e. The van der Waals surface area contributed by atoms with E-state index in [1.807, 2.05) is 49.0 Å². The number of hydrogen-bond donors (Lipinski definition) is 14. The number of halogens is 1. The number of nitrogens with zero attached hydrogens (tertiary/aromatic N) is 12. The zero-order chi connectivity index (χ0) is 98.1. The first kappa shape index (κ1) is 109. The van der Waals surface area contributed by atoms with Gasteiger partial charge in [0.2, 0.25) is 0 Å². The first-order valence-electron chi connectivity index (χ1n) is 43.7. The Hall–Kier alpha value is -6.08. The van der Waals surface area contributed by atoms with Gasteiger partial charge < -0.3 is 138 Å². The van der Waals surface area contributed by atoms with Gasteiger partial charge in [0, 0.05) is 48.7 Å². The number of nitrogens with two attached hydrogens (primary N) is 6. The van der Waals surface area contributed by atoms with Gasteiger partial charge in [0.15, 0.2) is 24.9 Å². The summed E-state index contributed by atoms with van der Waals surface area (Å²) in [5, 5.41) is 84.0. The van der Waals surface area contributed by atoms with E-state index in [1.54, 1.807) is 81.7 Å². The fourth-order valence-corrected chi connectivity index (χ4v) is 23.2. The van der Waals surface area contributed by atoms with Gasteiger partial charge in [0.05, 0.1) is 54.1 Å². The van der Waals surface area contributed by atoms with Crippen LogP contribution >= 0.6 is 57.2 Å². The van der Waals surface area contributed by atoms with Crippen LogP contribution in [0.4, 0.5) is 0 Å². The lowest BCUT2D eigenvalue weighted by Crippen LogP contribution is -2.51. The number of aliphatic hydroxyl groups excluding tert-OH is 7. The number of amidine groups is 6. The topological polar surface area (TPSA) is 476 Å². The first-order valence-corrected chi connectivity index (χ1v) is 63.0. The molecular formula is C91H151BrN18O15P6. The molecule has 0 aromatic heterocycles. The Morgan fingerprint density at radius 1 is 0.443 bits per heavy atom. The van der Waals surface area contributed by atoms with Crippen molar-refractivity contribution < 1.29 is 74.0 Å². The Bertz CT molecular complexity index is 5000. The number of aliphatic hydroxyl groups is 8. The molecule has 0 amide bonds. The Labute approximate surface area is 786 Å². The lowest BCUT2D eigenvalue weighted by atomic mass is 9.90. The molecule has 0 aromatic rings. The van der Waals surface area contributed by atoms with E-state index >= 15 is 0 Å². The summed E-state index contributed by atoms with van der Waals surface area (Å²) in [5.74, 6) is 5.29. The zero-order valence-corrected chi connectivity index (χ0v) is 86.6. The lowest BCUT2D eigenvalue weighted by Gasteiger charge is -2.37. The molecule has 131 heavy (non-hydrogen) atoms. The molecule has 0 spiro atoms. The summed E-state index contributed by atoms with van der Waals surface area (Å²) >= 11 is 3.53. The van der Waals surface area contributed by atoms with Crippen LogP contribution in [0.5, 0.6) is 0 Å². The molecule has 732 valence electrons. The quantitative estimate of drug-likeness (QED) is 0.0283. The molecule has 33 nitrogen and oxygen atoms in total. The smallest absolute Gasteiger partial charge is 0.166 e. The van der Waals surface area contributed by atoms with E-state index in [1.165, 1.54) is 0 Å². The van der Waals surface area contributed by atoms with E-state index in [-0.39, 0.29) is 35.3 Å². The van der Waals surface area contributed by atoms with E-state index in [9.17, 15) is 40.9 Å². The van der Waals surface area contributed by atoms with E-state index in [0.29, 0.717) is 89.6 Å². The third-order valence-electron chi connectivity index (χ3n) is 24.8. The maximum Gasteiger partial charge on any atom is 0.166 e. The van der Waals surface area contributed by atoms with Crippen LogP contribution in [-0.4, -0.2) is 405 Å². The summed E-state index contributed by atoms with van der Waals surface area (Å²) in [5.41, 5.74) is 32.5. The van der Waals surface area contributed by atoms with Gasteiger partial charge in [-0.1, -0.05) is 68.4 Å². The normalized spacial score (nSPS) is 35.0. The fraction of sp³-hybridized carbons (Fsp3) is 0.582. The number of hydrogen-bond acceptors (Lipinski definition) is 33. The second-order valence-electron chi connectivity index (χ2n) is 40.6. The predicted octanol–water partition coefficient (Wildman–Crippen LogP) is 6.39. The molecule has 23 atom stereocenters. The standard InChI is InChI=1S/C16H26N3O3P.C16H28N3O2P.C15H24N3O3P.C15H26N3O3P.C15H24N3O2P.C14H23BrN3O2P/c1-10-8-19(11(2)18-14(10)17)15-12-13(20)16(22-15,9-21-12)6-7-23(3,4)5;1-11-14(20)16(3,8-10-22(4,5)6)21-15(11)19-9-7-13(17)18-12(19)2;1-10-17-11(16)5-7-18(10)14-12-13(19)15(21-14,9-20-12)6-8-22(2,3)4;1-10-17-12(16)6-8-18(10)14-15(2,20)13(19)11(21-14)7-9-22(3,4)5;1-10-17-13(16)5-7-18(10)12-9-11(14(19)15(12)20)6-8-21(2,3)4;1-9-17-11(16)5-7-18(9)14-12(15)13(19)10(20-14)6-8-21(2,3)4/h8,12-13,15,20H,2-3,6-7,9H2,1,4-5H3,(H2,17,18);7,9,11,14-15,20H,2,4,8,10H2,1,3,5-6H3,(H2,17,18);5,7,12-14,19H,1-2,6,8-9H2,3-4H3,(H2,16,17);6,8,11,13-14,19-20H,1,3,7,9H2,2,4-5H3,(H2,16,17);5,7,9,12,14-15,19-20H,1-2,6,8H2,3-4H3,(H2,16,17);5,7,10,12-14,19H,1-2,6,8H2,3-4H3,(H2,16,17)/t12-,13+,15-,16+;11-,14+,15-,16-;12-,13+,14-,15+;11-,13-,14-,15-;12-,14-,15+;10-,12-,13-,14-/m111111/s1. The second kappa shape index (κ2) is 42.5. The van der Waals surface area contributed by atoms with Gasteiger partial charge in [-0.15, -0.1) is 79.1 Å². The number of aliphatic imine (C=N–C) groups is 6. The summed E-state index contributed by atoms with van der Waals surface area (Å²) in [6.07, 6.45) is 47.7. The van der Waals surface area contributed by atoms with Crippen LogP contribution in [0.2, 0.25) is 0 Å². The average Bonchev–Trinajstić information content (AvgIpc) is 1.57. The van der Waals surface area contributed by atoms with Gasteiger partial charge in [0.1, 0.15) is 136 Å². The molecule has 1 aliphatic carbocycles. The third kappa shape index (κ3) is 27.5. The van der Waals surface area contributed by atoms with Crippen molar-refractivity contribution in [1.82, 2.24) is 29.4 Å². The molecule has 7 fully saturated rings. The van der Waals surface area contributed by atoms with Gasteiger partial charge >= 0.3 is 0 Å². The van der Waals surface area contributed by atoms with Gasteiger partial charge in [0.25, 0.3) is 0 Å². The van der Waals surface area contributed by atoms with Crippen LogP contribution in [-0.2, 0) is 33.2 Å². The molecule has 0 radical (unpaired) electrons. The summed E-state index contributed by atoms with van der Waals surface area (Å²) in [4.78, 5) is 35.2. The maximum atomic E-state index is 10.7. The number of ether oxygens (including phenoxy) is 7. The minimum atomic E-state index is -1.43. The van der Waals surface area contributed by atoms with Crippen LogP contribution < -0.4 is 34.4 Å². The highest BCUT2D eigenvalue weighted by atomic mass is 79.9. The second-order valence-corrected chi connectivity index (χ2v) is 67.6. The van der Waals surface area contributed by atoms with Crippen molar-refractivity contribution in [3.8, 4) is 0 Å². The van der Waals surface area contributed by atoms with Crippen molar-refractivity contribution in [1.29, 1.82) is 0 Å². The highest BCUT2D eigenvalue weighted by molar-refractivity contribution is 9.09. The highest BCUT2D eigenvalue weighted by Gasteiger charge is 2.64. The molecule has 0 unspecified atom stereocenters. The van der Waals surface area contributed by atoms with Crippen molar-refractivity contribution >= 4 is 130 Å². The van der Waals surface area contributed by atoms with Crippen LogP contribution in [0.15, 0.2) is 189 Å². The maximum absolute atomic E-state index is 10.7. The first-order chi connectivity index (χ1) is 60.3. The average molecular weight is 2000 g/mol. The molecule has 0 aromatic carbocycles. The van der Waals surface area contributed by atoms with Crippen molar-refractivity contribution in [2.24, 2.45) is 70.3 Å². The number of fused-ring (bicyclic) bond motifs is 4. The van der Waals surface area contributed by atoms with Gasteiger partial charge in [-0.05, 0) is 212 Å². The van der Waals surface area contributed by atoms with Crippen LogP contribution in [0, 0.1) is 5.92 Å². The van der Waals surface area contributed by atoms with E-state index < -0.39 is 143 Å². The monoisotopic (exact) mass is 2000 g/mol. The van der Waals surface area contributed by atoms with Crippen LogP contribution in [0.1, 0.15) is 66.2 Å².